The van der Waals surface area contributed by atoms with E-state index in [4.69, 9.17) is 9.47 Å². The first-order chi connectivity index (χ1) is 10.1. The lowest BCUT2D eigenvalue weighted by atomic mass is 10.2. The van der Waals surface area contributed by atoms with Crippen molar-refractivity contribution in [3.05, 3.63) is 39.8 Å². The van der Waals surface area contributed by atoms with Crippen LogP contribution in [0.25, 0.3) is 0 Å². The number of hydrogen-bond donors (Lipinski definition) is 0. The van der Waals surface area contributed by atoms with Gasteiger partial charge in [-0.15, -0.1) is 11.3 Å². The van der Waals surface area contributed by atoms with Crippen molar-refractivity contribution in [2.75, 3.05) is 13.8 Å². The molecule has 2 heterocycles. The molecule has 3 rings (SSSR count). The maximum atomic E-state index is 12.2. The Balaban J connectivity index is 1.62. The first-order valence-electron chi connectivity index (χ1n) is 6.65. The van der Waals surface area contributed by atoms with Crippen molar-refractivity contribution in [2.45, 2.75) is 19.9 Å². The Labute approximate surface area is 127 Å². The van der Waals surface area contributed by atoms with Crippen molar-refractivity contribution in [3.8, 4) is 11.5 Å². The number of benzene rings is 1. The van der Waals surface area contributed by atoms with Gasteiger partial charge in [0, 0.05) is 19.0 Å². The Morgan fingerprint density at radius 3 is 2.95 bits per heavy atom. The second kappa shape index (κ2) is 5.73. The van der Waals surface area contributed by atoms with Gasteiger partial charge in [-0.2, -0.15) is 0 Å². The van der Waals surface area contributed by atoms with Crippen LogP contribution in [0.5, 0.6) is 11.5 Å². The highest BCUT2D eigenvalue weighted by atomic mass is 32.1. The number of fused-ring (bicyclic) bond motifs is 1. The Morgan fingerprint density at radius 2 is 2.19 bits per heavy atom. The minimum absolute atomic E-state index is 0.0537. The smallest absolute Gasteiger partial charge is 0.231 e. The average Bonchev–Trinajstić information content (AvgIpc) is 3.07. The Morgan fingerprint density at radius 1 is 1.38 bits per heavy atom. The Kier molecular flexibility index (Phi) is 3.79. The highest BCUT2D eigenvalue weighted by Gasteiger charge is 2.16. The van der Waals surface area contributed by atoms with Gasteiger partial charge >= 0.3 is 0 Å². The largest absolute Gasteiger partial charge is 0.454 e. The fourth-order valence-corrected chi connectivity index (χ4v) is 2.79. The first kappa shape index (κ1) is 13.9. The first-order valence-corrected chi connectivity index (χ1v) is 7.53. The maximum Gasteiger partial charge on any atom is 0.231 e. The van der Waals surface area contributed by atoms with E-state index in [1.807, 2.05) is 30.5 Å². The van der Waals surface area contributed by atoms with E-state index in [-0.39, 0.29) is 12.7 Å². The van der Waals surface area contributed by atoms with E-state index < -0.39 is 0 Å². The van der Waals surface area contributed by atoms with Gasteiger partial charge in [0.2, 0.25) is 12.7 Å². The van der Waals surface area contributed by atoms with Gasteiger partial charge in [0.15, 0.2) is 11.5 Å². The van der Waals surface area contributed by atoms with E-state index in [0.717, 1.165) is 27.8 Å². The summed E-state index contributed by atoms with van der Waals surface area (Å²) >= 11 is 1.56. The predicted molar refractivity (Wildman–Crippen MR) is 79.6 cm³/mol. The number of carbonyl (C=O) groups is 1. The maximum absolute atomic E-state index is 12.2. The number of carbonyl (C=O) groups excluding carboxylic acids is 1. The third-order valence-corrected chi connectivity index (χ3v) is 4.10. The predicted octanol–water partition coefficient (Wildman–Crippen LogP) is 2.38. The van der Waals surface area contributed by atoms with Crippen molar-refractivity contribution in [1.29, 1.82) is 0 Å². The molecule has 110 valence electrons. The molecule has 1 aliphatic rings. The van der Waals surface area contributed by atoms with Gasteiger partial charge in [0.25, 0.3) is 0 Å². The summed E-state index contributed by atoms with van der Waals surface area (Å²) in [5, 5.41) is 2.91. The fraction of sp³-hybridized carbons (Fsp3) is 0.333. The minimum Gasteiger partial charge on any atom is -0.454 e. The van der Waals surface area contributed by atoms with Crippen molar-refractivity contribution >= 4 is 17.2 Å². The van der Waals surface area contributed by atoms with Crippen LogP contribution in [-0.4, -0.2) is 29.6 Å². The molecule has 0 N–H and O–H groups in total. The summed E-state index contributed by atoms with van der Waals surface area (Å²) in [5.41, 5.74) is 1.85. The van der Waals surface area contributed by atoms with E-state index >= 15 is 0 Å². The SMILES string of the molecule is Cc1nc(CC(=O)N(C)Cc2ccc3c(c2)OCO3)cs1. The number of likely N-dealkylation sites (N-methyl/N-ethyl adjacent to an activating group) is 1. The van der Waals surface area contributed by atoms with Crippen molar-refractivity contribution in [2.24, 2.45) is 0 Å². The van der Waals surface area contributed by atoms with Crippen LogP contribution in [0.4, 0.5) is 0 Å². The number of rotatable bonds is 4. The highest BCUT2D eigenvalue weighted by Crippen LogP contribution is 2.32. The molecule has 0 unspecified atom stereocenters. The number of amides is 1. The van der Waals surface area contributed by atoms with Crippen LogP contribution in [-0.2, 0) is 17.8 Å². The molecule has 0 radical (unpaired) electrons. The molecule has 0 spiro atoms. The van der Waals surface area contributed by atoms with E-state index in [2.05, 4.69) is 4.98 Å². The fourth-order valence-electron chi connectivity index (χ4n) is 2.18. The van der Waals surface area contributed by atoms with E-state index in [1.54, 1.807) is 23.3 Å². The molecule has 1 amide bonds. The molecular weight excluding hydrogens is 288 g/mol. The quantitative estimate of drug-likeness (QED) is 0.870. The minimum atomic E-state index is 0.0537. The zero-order valence-corrected chi connectivity index (χ0v) is 12.8. The summed E-state index contributed by atoms with van der Waals surface area (Å²) in [7, 11) is 1.80. The normalized spacial score (nSPS) is 12.5. The second-order valence-corrected chi connectivity index (χ2v) is 6.03. The summed E-state index contributed by atoms with van der Waals surface area (Å²) in [6.45, 7) is 2.74. The molecule has 0 aliphatic carbocycles. The van der Waals surface area contributed by atoms with Gasteiger partial charge in [-0.25, -0.2) is 4.98 Å². The molecule has 0 saturated heterocycles. The van der Waals surface area contributed by atoms with Gasteiger partial charge in [-0.1, -0.05) is 6.07 Å². The summed E-state index contributed by atoms with van der Waals surface area (Å²) < 4.78 is 10.6. The summed E-state index contributed by atoms with van der Waals surface area (Å²) in [6, 6.07) is 5.74. The van der Waals surface area contributed by atoms with Crippen molar-refractivity contribution in [1.82, 2.24) is 9.88 Å². The zero-order valence-electron chi connectivity index (χ0n) is 12.0. The molecule has 0 bridgehead atoms. The molecule has 0 fully saturated rings. The molecule has 5 nitrogen and oxygen atoms in total. The van der Waals surface area contributed by atoms with Gasteiger partial charge in [0.05, 0.1) is 17.1 Å². The molecule has 1 aromatic carbocycles. The van der Waals surface area contributed by atoms with Crippen molar-refractivity contribution in [3.63, 3.8) is 0 Å². The molecular formula is C15H16N2O3S. The molecule has 0 atom stereocenters. The number of thiazole rings is 1. The molecule has 21 heavy (non-hydrogen) atoms. The standard InChI is InChI=1S/C15H16N2O3S/c1-10-16-12(8-21-10)6-15(18)17(2)7-11-3-4-13-14(5-11)20-9-19-13/h3-5,8H,6-7,9H2,1-2H3. The van der Waals surface area contributed by atoms with Crippen molar-refractivity contribution < 1.29 is 14.3 Å². The molecule has 0 saturated carbocycles. The number of aromatic nitrogens is 1. The number of hydrogen-bond acceptors (Lipinski definition) is 5. The monoisotopic (exact) mass is 304 g/mol. The summed E-state index contributed by atoms with van der Waals surface area (Å²) in [5.74, 6) is 1.55. The third kappa shape index (κ3) is 3.16. The lowest BCUT2D eigenvalue weighted by Crippen LogP contribution is -2.27. The number of nitrogens with zero attached hydrogens (tertiary/aromatic N) is 2. The van der Waals surface area contributed by atoms with Crippen LogP contribution in [0.3, 0.4) is 0 Å². The summed E-state index contributed by atoms with van der Waals surface area (Å²) in [4.78, 5) is 18.2. The van der Waals surface area contributed by atoms with Crippen LogP contribution in [0, 0.1) is 6.92 Å². The second-order valence-electron chi connectivity index (χ2n) is 4.97. The van der Waals surface area contributed by atoms with Gasteiger partial charge < -0.3 is 14.4 Å². The lowest BCUT2D eigenvalue weighted by molar-refractivity contribution is -0.129. The van der Waals surface area contributed by atoms with Crippen LogP contribution in [0.15, 0.2) is 23.6 Å². The van der Waals surface area contributed by atoms with Crippen LogP contribution >= 0.6 is 11.3 Å². The lowest BCUT2D eigenvalue weighted by Gasteiger charge is -2.17. The Bertz CT molecular complexity index is 669. The molecule has 6 heteroatoms. The summed E-state index contributed by atoms with van der Waals surface area (Å²) in [6.07, 6.45) is 0.339. The van der Waals surface area contributed by atoms with E-state index in [9.17, 15) is 4.79 Å². The van der Waals surface area contributed by atoms with E-state index in [1.165, 1.54) is 0 Å². The Hall–Kier alpha value is -2.08. The highest BCUT2D eigenvalue weighted by molar-refractivity contribution is 7.09. The molecule has 1 aliphatic heterocycles. The average molecular weight is 304 g/mol. The zero-order chi connectivity index (χ0) is 14.8. The van der Waals surface area contributed by atoms with Crippen LogP contribution < -0.4 is 9.47 Å². The number of aryl methyl sites for hydroxylation is 1. The van der Waals surface area contributed by atoms with Gasteiger partial charge in [-0.05, 0) is 24.6 Å². The topological polar surface area (TPSA) is 51.7 Å². The van der Waals surface area contributed by atoms with Gasteiger partial charge in [0.1, 0.15) is 0 Å². The molecule has 1 aromatic heterocycles. The third-order valence-electron chi connectivity index (χ3n) is 3.28. The van der Waals surface area contributed by atoms with Crippen LogP contribution in [0.1, 0.15) is 16.3 Å². The number of ether oxygens (including phenoxy) is 2. The van der Waals surface area contributed by atoms with Crippen LogP contribution in [0.2, 0.25) is 0 Å². The van der Waals surface area contributed by atoms with Gasteiger partial charge in [-0.3, -0.25) is 4.79 Å². The van der Waals surface area contributed by atoms with E-state index in [0.29, 0.717) is 13.0 Å². The molecule has 2 aromatic rings.